The molecule has 10 heteroatoms. The lowest BCUT2D eigenvalue weighted by Gasteiger charge is -2.44. The summed E-state index contributed by atoms with van der Waals surface area (Å²) in [6.45, 7) is 4.35. The zero-order valence-electron chi connectivity index (χ0n) is 18.1. The number of anilines is 3. The van der Waals surface area contributed by atoms with E-state index in [1.54, 1.807) is 6.20 Å². The molecule has 2 aliphatic rings. The van der Waals surface area contributed by atoms with E-state index in [0.717, 1.165) is 54.3 Å². The average molecular weight is 456 g/mol. The topological polar surface area (TPSA) is 110 Å². The maximum atomic E-state index is 14.5. The lowest BCUT2D eigenvalue weighted by atomic mass is 9.74. The van der Waals surface area contributed by atoms with Gasteiger partial charge in [-0.15, -0.1) is 0 Å². The lowest BCUT2D eigenvalue weighted by molar-refractivity contribution is 0.278. The van der Waals surface area contributed by atoms with Crippen molar-refractivity contribution in [3.63, 3.8) is 0 Å². The molecule has 3 aromatic rings. The Hall–Kier alpha value is -2.85. The second kappa shape index (κ2) is 7.93. The van der Waals surface area contributed by atoms with Crippen molar-refractivity contribution in [2.75, 3.05) is 10.7 Å². The predicted molar refractivity (Wildman–Crippen MR) is 125 cm³/mol. The minimum absolute atomic E-state index is 0.193. The van der Waals surface area contributed by atoms with E-state index in [-0.39, 0.29) is 16.1 Å². The van der Waals surface area contributed by atoms with Crippen molar-refractivity contribution < 1.29 is 8.60 Å². The number of hydrazone groups is 1. The number of hydrogen-bond donors (Lipinski definition) is 3. The molecule has 1 unspecified atom stereocenters. The highest BCUT2D eigenvalue weighted by molar-refractivity contribution is 7.82. The van der Waals surface area contributed by atoms with Crippen molar-refractivity contribution in [3.8, 4) is 0 Å². The zero-order valence-corrected chi connectivity index (χ0v) is 18.9. The summed E-state index contributed by atoms with van der Waals surface area (Å²) in [5.41, 5.74) is 5.13. The van der Waals surface area contributed by atoms with Gasteiger partial charge in [-0.3, -0.25) is 9.99 Å². The van der Waals surface area contributed by atoms with Crippen LogP contribution < -0.4 is 15.9 Å². The molecule has 1 fully saturated rings. The van der Waals surface area contributed by atoms with Crippen LogP contribution in [0, 0.1) is 11.7 Å². The molecule has 0 bridgehead atoms. The molecular weight excluding hydrogens is 429 g/mol. The lowest BCUT2D eigenvalue weighted by Crippen LogP contribution is -2.48. The Labute approximate surface area is 188 Å². The number of hydrogen-bond acceptors (Lipinski definition) is 6. The first-order chi connectivity index (χ1) is 15.4. The molecule has 1 aliphatic carbocycles. The molecule has 4 N–H and O–H groups in total. The Bertz CT molecular complexity index is 1250. The number of nitrogens with one attached hydrogen (secondary N) is 2. The van der Waals surface area contributed by atoms with Crippen LogP contribution >= 0.6 is 0 Å². The van der Waals surface area contributed by atoms with Gasteiger partial charge in [0.25, 0.3) is 0 Å². The third-order valence-corrected chi connectivity index (χ3v) is 7.10. The minimum Gasteiger partial charge on any atom is -0.322 e. The van der Waals surface area contributed by atoms with Crippen molar-refractivity contribution in [2.45, 2.75) is 56.4 Å². The van der Waals surface area contributed by atoms with Gasteiger partial charge >= 0.3 is 0 Å². The van der Waals surface area contributed by atoms with Gasteiger partial charge in [0.15, 0.2) is 0 Å². The molecule has 1 spiro atoms. The van der Waals surface area contributed by atoms with Gasteiger partial charge in [-0.25, -0.2) is 18.7 Å². The van der Waals surface area contributed by atoms with E-state index in [2.05, 4.69) is 34.1 Å². The number of nitrogens with two attached hydrogens (primary N) is 1. The van der Waals surface area contributed by atoms with Gasteiger partial charge in [0.05, 0.1) is 21.8 Å². The number of fused-ring (bicyclic) bond motifs is 4. The standard InChI is InChI=1S/C22H26FN7OS/c1-13(2)19-22(8-4-3-5-9-22)30-18(28-29-19)10-14-12-25-21(27-20(14)30)26-17-7-6-15(32(24)31)11-16(17)23/h6-7,10-13,28H,3-5,8-9,24H2,1-2H3,(H,25,26,27). The van der Waals surface area contributed by atoms with Crippen molar-refractivity contribution in [2.24, 2.45) is 16.2 Å². The molecule has 32 heavy (non-hydrogen) atoms. The molecular formula is C22H26FN7OS. The first-order valence-electron chi connectivity index (χ1n) is 10.8. The molecule has 0 radical (unpaired) electrons. The van der Waals surface area contributed by atoms with Crippen LogP contribution in [0.15, 0.2) is 40.5 Å². The number of nitrogens with zero attached hydrogens (tertiary/aromatic N) is 4. The molecule has 5 rings (SSSR count). The van der Waals surface area contributed by atoms with Gasteiger partial charge in [-0.1, -0.05) is 33.1 Å². The normalized spacial score (nSPS) is 18.3. The highest BCUT2D eigenvalue weighted by Gasteiger charge is 2.44. The minimum atomic E-state index is -1.74. The molecule has 3 heterocycles. The third-order valence-electron chi connectivity index (χ3n) is 6.38. The predicted octanol–water partition coefficient (Wildman–Crippen LogP) is 4.39. The first-order valence-corrected chi connectivity index (χ1v) is 12.1. The molecule has 8 nitrogen and oxygen atoms in total. The fraction of sp³-hybridized carbons (Fsp3) is 0.409. The molecule has 168 valence electrons. The second-order valence-electron chi connectivity index (χ2n) is 8.76. The summed E-state index contributed by atoms with van der Waals surface area (Å²) in [5.74, 6) is 0.922. The van der Waals surface area contributed by atoms with Gasteiger partial charge in [0.1, 0.15) is 28.3 Å². The van der Waals surface area contributed by atoms with Crippen LogP contribution in [-0.2, 0) is 16.5 Å². The molecule has 2 aromatic heterocycles. The average Bonchev–Trinajstić information content (AvgIpc) is 3.14. The van der Waals surface area contributed by atoms with E-state index in [1.807, 2.05) is 6.07 Å². The Morgan fingerprint density at radius 3 is 2.72 bits per heavy atom. The van der Waals surface area contributed by atoms with Gasteiger partial charge in [0.2, 0.25) is 5.95 Å². The number of halogens is 1. The Kier molecular flexibility index (Phi) is 5.21. The Morgan fingerprint density at radius 1 is 1.25 bits per heavy atom. The highest BCUT2D eigenvalue weighted by atomic mass is 32.2. The van der Waals surface area contributed by atoms with E-state index in [9.17, 15) is 8.60 Å². The molecule has 1 aromatic carbocycles. The van der Waals surface area contributed by atoms with Crippen molar-refractivity contribution in [1.82, 2.24) is 14.5 Å². The van der Waals surface area contributed by atoms with Crippen LogP contribution in [0.3, 0.4) is 0 Å². The van der Waals surface area contributed by atoms with Crippen LogP contribution in [0.1, 0.15) is 46.0 Å². The second-order valence-corrected chi connectivity index (χ2v) is 9.82. The van der Waals surface area contributed by atoms with E-state index < -0.39 is 16.8 Å². The maximum Gasteiger partial charge on any atom is 0.229 e. The summed E-state index contributed by atoms with van der Waals surface area (Å²) in [6.07, 6.45) is 7.27. The zero-order chi connectivity index (χ0) is 22.5. The van der Waals surface area contributed by atoms with Crippen LogP contribution in [0.2, 0.25) is 0 Å². The van der Waals surface area contributed by atoms with E-state index in [1.165, 1.54) is 18.6 Å². The van der Waals surface area contributed by atoms with Crippen molar-refractivity contribution in [1.29, 1.82) is 0 Å². The smallest absolute Gasteiger partial charge is 0.229 e. The SMILES string of the molecule is CC(C)C1=NNc2cc3cnc(Nc4ccc(S(N)=O)cc4F)nc3n2C12CCCCC2. The van der Waals surface area contributed by atoms with Crippen LogP contribution in [0.4, 0.5) is 21.8 Å². The monoisotopic (exact) mass is 455 g/mol. The summed E-state index contributed by atoms with van der Waals surface area (Å²) >= 11 is 0. The Balaban J connectivity index is 1.58. The van der Waals surface area contributed by atoms with Gasteiger partial charge in [-0.05, 0) is 43.0 Å². The van der Waals surface area contributed by atoms with E-state index >= 15 is 0 Å². The highest BCUT2D eigenvalue weighted by Crippen LogP contribution is 2.45. The summed E-state index contributed by atoms with van der Waals surface area (Å²) < 4.78 is 28.2. The summed E-state index contributed by atoms with van der Waals surface area (Å²) in [5, 5.41) is 14.0. The largest absolute Gasteiger partial charge is 0.322 e. The fourth-order valence-corrected chi connectivity index (χ4v) is 5.45. The molecule has 0 saturated heterocycles. The third kappa shape index (κ3) is 3.38. The van der Waals surface area contributed by atoms with Crippen LogP contribution in [-0.4, -0.2) is 24.5 Å². The molecule has 1 aliphatic heterocycles. The quantitative estimate of drug-likeness (QED) is 0.540. The van der Waals surface area contributed by atoms with Crippen molar-refractivity contribution in [3.05, 3.63) is 36.3 Å². The van der Waals surface area contributed by atoms with E-state index in [4.69, 9.17) is 15.2 Å². The van der Waals surface area contributed by atoms with Gasteiger partial charge < -0.3 is 5.32 Å². The van der Waals surface area contributed by atoms with E-state index in [0.29, 0.717) is 11.9 Å². The first kappa shape index (κ1) is 21.0. The van der Waals surface area contributed by atoms with Crippen LogP contribution in [0.25, 0.3) is 11.0 Å². The number of aromatic nitrogens is 3. The summed E-state index contributed by atoms with van der Waals surface area (Å²) in [4.78, 5) is 9.38. The fourth-order valence-electron chi connectivity index (χ4n) is 5.03. The molecule has 0 amide bonds. The number of rotatable bonds is 4. The summed E-state index contributed by atoms with van der Waals surface area (Å²) in [7, 11) is -1.74. The summed E-state index contributed by atoms with van der Waals surface area (Å²) in [6, 6.07) is 6.18. The van der Waals surface area contributed by atoms with Gasteiger partial charge in [-0.2, -0.15) is 10.1 Å². The van der Waals surface area contributed by atoms with Crippen molar-refractivity contribution >= 4 is 45.2 Å². The molecule has 1 saturated carbocycles. The van der Waals surface area contributed by atoms with Crippen LogP contribution in [0.5, 0.6) is 0 Å². The number of benzene rings is 1. The Morgan fingerprint density at radius 2 is 2.03 bits per heavy atom. The molecule has 1 atom stereocenters. The maximum absolute atomic E-state index is 14.5. The van der Waals surface area contributed by atoms with Gasteiger partial charge in [0, 0.05) is 11.6 Å².